The van der Waals surface area contributed by atoms with Crippen molar-refractivity contribution in [1.82, 2.24) is 0 Å². The Hall–Kier alpha value is -1.66. The summed E-state index contributed by atoms with van der Waals surface area (Å²) in [4.78, 5) is 0. The van der Waals surface area contributed by atoms with Gasteiger partial charge in [-0.3, -0.25) is 0 Å². The summed E-state index contributed by atoms with van der Waals surface area (Å²) in [5.74, 6) is 1.47. The van der Waals surface area contributed by atoms with E-state index in [9.17, 15) is 0 Å². The SMILES string of the molecule is C=CC1=C(OC)C=C(OC)C=C=C1C. The van der Waals surface area contributed by atoms with Gasteiger partial charge < -0.3 is 9.47 Å². The van der Waals surface area contributed by atoms with E-state index in [1.54, 1.807) is 26.4 Å². The molecule has 0 saturated carbocycles. The predicted molar refractivity (Wildman–Crippen MR) is 56.6 cm³/mol. The minimum absolute atomic E-state index is 0.720. The number of ether oxygens (including phenoxy) is 2. The molecule has 0 aromatic carbocycles. The first kappa shape index (κ1) is 10.4. The Morgan fingerprint density at radius 2 is 2.07 bits per heavy atom. The topological polar surface area (TPSA) is 18.5 Å². The summed E-state index contributed by atoms with van der Waals surface area (Å²) in [5.41, 5.74) is 5.03. The molecule has 2 heteroatoms. The number of allylic oxidation sites excluding steroid dienone is 4. The van der Waals surface area contributed by atoms with Crippen molar-refractivity contribution in [1.29, 1.82) is 0 Å². The lowest BCUT2D eigenvalue weighted by atomic mass is 10.1. The zero-order valence-corrected chi connectivity index (χ0v) is 8.76. The molecule has 0 N–H and O–H groups in total. The predicted octanol–water partition coefficient (Wildman–Crippen LogP) is 2.72. The molecule has 0 saturated heterocycles. The van der Waals surface area contributed by atoms with Crippen LogP contribution < -0.4 is 0 Å². The molecule has 0 unspecified atom stereocenters. The van der Waals surface area contributed by atoms with Crippen LogP contribution in [-0.2, 0) is 9.47 Å². The minimum atomic E-state index is 0.720. The van der Waals surface area contributed by atoms with E-state index in [-0.39, 0.29) is 0 Å². The van der Waals surface area contributed by atoms with E-state index in [4.69, 9.17) is 9.47 Å². The Balaban J connectivity index is 3.30. The molecule has 0 aromatic heterocycles. The lowest BCUT2D eigenvalue weighted by Gasteiger charge is -2.06. The fraction of sp³-hybridized carbons (Fsp3) is 0.250. The van der Waals surface area contributed by atoms with Gasteiger partial charge in [0.1, 0.15) is 11.5 Å². The third-order valence-electron chi connectivity index (χ3n) is 2.03. The maximum absolute atomic E-state index is 5.25. The van der Waals surface area contributed by atoms with Gasteiger partial charge in [-0.2, -0.15) is 0 Å². The molecular weight excluding hydrogens is 176 g/mol. The summed E-state index contributed by atoms with van der Waals surface area (Å²) < 4.78 is 10.4. The third kappa shape index (κ3) is 1.98. The van der Waals surface area contributed by atoms with Crippen molar-refractivity contribution < 1.29 is 9.47 Å². The lowest BCUT2D eigenvalue weighted by Crippen LogP contribution is -1.91. The van der Waals surface area contributed by atoms with Gasteiger partial charge in [0.05, 0.1) is 14.2 Å². The molecule has 0 atom stereocenters. The molecule has 1 aliphatic carbocycles. The summed E-state index contributed by atoms with van der Waals surface area (Å²) in [6.45, 7) is 5.70. The van der Waals surface area contributed by atoms with Crippen LogP contribution in [0.4, 0.5) is 0 Å². The molecule has 14 heavy (non-hydrogen) atoms. The summed E-state index contributed by atoms with van der Waals surface area (Å²) in [6.07, 6.45) is 5.36. The van der Waals surface area contributed by atoms with Gasteiger partial charge in [0.15, 0.2) is 0 Å². The fourth-order valence-corrected chi connectivity index (χ4v) is 1.23. The van der Waals surface area contributed by atoms with Crippen molar-refractivity contribution in [2.75, 3.05) is 14.2 Å². The van der Waals surface area contributed by atoms with Crippen LogP contribution in [0.2, 0.25) is 0 Å². The Labute approximate surface area is 84.5 Å². The largest absolute Gasteiger partial charge is 0.496 e. The van der Waals surface area contributed by atoms with Crippen molar-refractivity contribution in [3.8, 4) is 0 Å². The summed E-state index contributed by atoms with van der Waals surface area (Å²) in [7, 11) is 3.24. The summed E-state index contributed by atoms with van der Waals surface area (Å²) >= 11 is 0. The first-order valence-electron chi connectivity index (χ1n) is 4.33. The van der Waals surface area contributed by atoms with E-state index >= 15 is 0 Å². The van der Waals surface area contributed by atoms with Crippen LogP contribution in [0.3, 0.4) is 0 Å². The van der Waals surface area contributed by atoms with E-state index in [0.29, 0.717) is 0 Å². The van der Waals surface area contributed by atoms with Crippen molar-refractivity contribution in [2.24, 2.45) is 0 Å². The van der Waals surface area contributed by atoms with Crippen LogP contribution in [0, 0.1) is 0 Å². The molecule has 0 radical (unpaired) electrons. The zero-order valence-electron chi connectivity index (χ0n) is 8.76. The molecule has 1 rings (SSSR count). The number of methoxy groups -OCH3 is 2. The molecule has 74 valence electrons. The van der Waals surface area contributed by atoms with E-state index in [1.807, 2.05) is 13.0 Å². The second-order valence-corrected chi connectivity index (χ2v) is 2.85. The lowest BCUT2D eigenvalue weighted by molar-refractivity contribution is 0.284. The molecule has 1 aliphatic rings. The highest BCUT2D eigenvalue weighted by atomic mass is 16.5. The second-order valence-electron chi connectivity index (χ2n) is 2.85. The average molecular weight is 190 g/mol. The monoisotopic (exact) mass is 190 g/mol. The summed E-state index contributed by atoms with van der Waals surface area (Å²) in [6, 6.07) is 0. The molecule has 2 nitrogen and oxygen atoms in total. The van der Waals surface area contributed by atoms with Crippen molar-refractivity contribution >= 4 is 0 Å². The van der Waals surface area contributed by atoms with Gasteiger partial charge in [-0.15, -0.1) is 5.73 Å². The Morgan fingerprint density at radius 3 is 2.57 bits per heavy atom. The molecule has 0 heterocycles. The molecule has 0 bridgehead atoms. The third-order valence-corrected chi connectivity index (χ3v) is 2.03. The van der Waals surface area contributed by atoms with Gasteiger partial charge in [-0.05, 0) is 6.92 Å². The standard InChI is InChI=1S/C12H14O2/c1-5-11-9(2)6-7-10(13-3)8-12(11)14-4/h5,7-8H,1H2,2-4H3. The van der Waals surface area contributed by atoms with Crippen LogP contribution in [0.15, 0.2) is 53.2 Å². The van der Waals surface area contributed by atoms with Crippen LogP contribution in [-0.4, -0.2) is 14.2 Å². The Bertz CT molecular complexity index is 364. The molecular formula is C12H14O2. The highest BCUT2D eigenvalue weighted by Gasteiger charge is 2.07. The highest BCUT2D eigenvalue weighted by Crippen LogP contribution is 2.21. The zero-order chi connectivity index (χ0) is 10.6. The normalized spacial score (nSPS) is 15.6. The van der Waals surface area contributed by atoms with Gasteiger partial charge in [0.2, 0.25) is 0 Å². The van der Waals surface area contributed by atoms with Crippen LogP contribution in [0.1, 0.15) is 6.92 Å². The first-order valence-corrected chi connectivity index (χ1v) is 4.33. The van der Waals surface area contributed by atoms with Crippen LogP contribution >= 0.6 is 0 Å². The Kier molecular flexibility index (Phi) is 3.38. The highest BCUT2D eigenvalue weighted by molar-refractivity contribution is 5.46. The average Bonchev–Trinajstić information content (AvgIpc) is 2.36. The maximum Gasteiger partial charge on any atom is 0.130 e. The molecule has 0 aromatic rings. The van der Waals surface area contributed by atoms with E-state index in [1.165, 1.54) is 0 Å². The second kappa shape index (κ2) is 4.54. The van der Waals surface area contributed by atoms with Gasteiger partial charge in [-0.1, -0.05) is 12.7 Å². The van der Waals surface area contributed by atoms with Gasteiger partial charge in [0.25, 0.3) is 0 Å². The van der Waals surface area contributed by atoms with Gasteiger partial charge in [0, 0.05) is 23.3 Å². The van der Waals surface area contributed by atoms with Gasteiger partial charge in [-0.25, -0.2) is 0 Å². The van der Waals surface area contributed by atoms with E-state index in [2.05, 4.69) is 12.3 Å². The smallest absolute Gasteiger partial charge is 0.130 e. The molecule has 0 spiro atoms. The van der Waals surface area contributed by atoms with Crippen molar-refractivity contribution in [2.45, 2.75) is 6.92 Å². The minimum Gasteiger partial charge on any atom is -0.496 e. The van der Waals surface area contributed by atoms with Crippen LogP contribution in [0.25, 0.3) is 0 Å². The van der Waals surface area contributed by atoms with Gasteiger partial charge >= 0.3 is 0 Å². The molecule has 0 aliphatic heterocycles. The quantitative estimate of drug-likeness (QED) is 0.637. The van der Waals surface area contributed by atoms with E-state index < -0.39 is 0 Å². The first-order chi connectivity index (χ1) is 6.72. The molecule has 0 amide bonds. The fourth-order valence-electron chi connectivity index (χ4n) is 1.23. The maximum atomic E-state index is 5.25. The molecule has 0 fully saturated rings. The Morgan fingerprint density at radius 1 is 1.36 bits per heavy atom. The number of hydrogen-bond donors (Lipinski definition) is 0. The number of rotatable bonds is 3. The van der Waals surface area contributed by atoms with Crippen molar-refractivity contribution in [3.05, 3.63) is 53.2 Å². The summed E-state index contributed by atoms with van der Waals surface area (Å²) in [5, 5.41) is 0. The van der Waals surface area contributed by atoms with Crippen molar-refractivity contribution in [3.63, 3.8) is 0 Å². The van der Waals surface area contributed by atoms with E-state index in [0.717, 1.165) is 22.7 Å². The number of hydrogen-bond acceptors (Lipinski definition) is 2. The van der Waals surface area contributed by atoms with Crippen LogP contribution in [0.5, 0.6) is 0 Å².